The van der Waals surface area contributed by atoms with Crippen LogP contribution in [0.3, 0.4) is 0 Å². The maximum atomic E-state index is 11.5. The van der Waals surface area contributed by atoms with Crippen LogP contribution in [0.5, 0.6) is 0 Å². The van der Waals surface area contributed by atoms with Crippen LogP contribution in [0.4, 0.5) is 16.2 Å². The van der Waals surface area contributed by atoms with E-state index < -0.39 is 6.09 Å². The Balaban J connectivity index is 1.86. The zero-order chi connectivity index (χ0) is 15.1. The number of amides is 1. The van der Waals surface area contributed by atoms with Crippen molar-refractivity contribution in [1.29, 1.82) is 0 Å². The average molecular weight is 283 g/mol. The summed E-state index contributed by atoms with van der Waals surface area (Å²) >= 11 is 0. The second-order valence-corrected chi connectivity index (χ2v) is 4.59. The Morgan fingerprint density at radius 3 is 2.38 bits per heavy atom. The van der Waals surface area contributed by atoms with E-state index in [2.05, 4.69) is 10.5 Å². The Kier molecular flexibility index (Phi) is 4.93. The molecular formula is C16H17N3O2. The molecular weight excluding hydrogens is 266 g/mol. The first-order chi connectivity index (χ1) is 10.1. The van der Waals surface area contributed by atoms with E-state index in [-0.39, 0.29) is 0 Å². The van der Waals surface area contributed by atoms with E-state index in [1.54, 1.807) is 12.1 Å². The lowest BCUT2D eigenvalue weighted by Gasteiger charge is -2.11. The van der Waals surface area contributed by atoms with Gasteiger partial charge in [-0.3, -0.25) is 10.2 Å². The first kappa shape index (κ1) is 14.6. The SMILES string of the molecule is CN(C)c1ccc(/C=N\OC(=O)Nc2ccccc2)cc1. The Bertz CT molecular complexity index is 607. The molecule has 1 N–H and O–H groups in total. The van der Waals surface area contributed by atoms with Gasteiger partial charge in [0.1, 0.15) is 0 Å². The summed E-state index contributed by atoms with van der Waals surface area (Å²) in [6, 6.07) is 16.8. The molecule has 2 aromatic carbocycles. The predicted molar refractivity (Wildman–Crippen MR) is 84.9 cm³/mol. The molecule has 0 saturated carbocycles. The fourth-order valence-corrected chi connectivity index (χ4v) is 1.66. The Morgan fingerprint density at radius 2 is 1.76 bits per heavy atom. The molecule has 0 aliphatic carbocycles. The van der Waals surface area contributed by atoms with Crippen LogP contribution in [-0.2, 0) is 4.84 Å². The average Bonchev–Trinajstić information content (AvgIpc) is 2.49. The number of hydrogen-bond acceptors (Lipinski definition) is 4. The fourth-order valence-electron chi connectivity index (χ4n) is 1.66. The van der Waals surface area contributed by atoms with Crippen LogP contribution in [0.1, 0.15) is 5.56 Å². The molecule has 2 rings (SSSR count). The van der Waals surface area contributed by atoms with Gasteiger partial charge in [0.2, 0.25) is 0 Å². The zero-order valence-electron chi connectivity index (χ0n) is 12.0. The van der Waals surface area contributed by atoms with Gasteiger partial charge in [0.15, 0.2) is 0 Å². The number of benzene rings is 2. The Labute approximate surface area is 123 Å². The summed E-state index contributed by atoms with van der Waals surface area (Å²) in [6.07, 6.45) is 0.867. The van der Waals surface area contributed by atoms with Crippen molar-refractivity contribution < 1.29 is 9.63 Å². The summed E-state index contributed by atoms with van der Waals surface area (Å²) in [7, 11) is 3.94. The second kappa shape index (κ2) is 7.09. The van der Waals surface area contributed by atoms with Crippen molar-refractivity contribution in [3.8, 4) is 0 Å². The third kappa shape index (κ3) is 4.65. The number of anilines is 2. The number of rotatable bonds is 4. The first-order valence-corrected chi connectivity index (χ1v) is 6.49. The van der Waals surface area contributed by atoms with E-state index in [4.69, 9.17) is 4.84 Å². The van der Waals surface area contributed by atoms with Gasteiger partial charge < -0.3 is 4.90 Å². The van der Waals surface area contributed by atoms with Crippen LogP contribution in [0.25, 0.3) is 0 Å². The zero-order valence-corrected chi connectivity index (χ0v) is 12.0. The van der Waals surface area contributed by atoms with Crippen LogP contribution in [-0.4, -0.2) is 26.4 Å². The smallest absolute Gasteiger partial charge is 0.378 e. The van der Waals surface area contributed by atoms with Gasteiger partial charge >= 0.3 is 6.09 Å². The van der Waals surface area contributed by atoms with Crippen LogP contribution < -0.4 is 10.2 Å². The van der Waals surface area contributed by atoms with Gasteiger partial charge in [0.05, 0.1) is 6.21 Å². The monoisotopic (exact) mass is 283 g/mol. The van der Waals surface area contributed by atoms with Gasteiger partial charge in [0, 0.05) is 25.5 Å². The molecule has 0 saturated heterocycles. The molecule has 0 heterocycles. The lowest BCUT2D eigenvalue weighted by atomic mass is 10.2. The topological polar surface area (TPSA) is 53.9 Å². The van der Waals surface area contributed by atoms with Gasteiger partial charge in [0.25, 0.3) is 0 Å². The molecule has 0 unspecified atom stereocenters. The van der Waals surface area contributed by atoms with Crippen molar-refractivity contribution in [2.45, 2.75) is 0 Å². The van der Waals surface area contributed by atoms with Crippen molar-refractivity contribution in [2.75, 3.05) is 24.3 Å². The summed E-state index contributed by atoms with van der Waals surface area (Å²) in [6.45, 7) is 0. The largest absolute Gasteiger partial charge is 0.437 e. The molecule has 0 spiro atoms. The number of hydrogen-bond donors (Lipinski definition) is 1. The van der Waals surface area contributed by atoms with Gasteiger partial charge in [-0.05, 0) is 29.8 Å². The number of carbonyl (C=O) groups excluding carboxylic acids is 1. The van der Waals surface area contributed by atoms with Gasteiger partial charge in [-0.1, -0.05) is 35.5 Å². The van der Waals surface area contributed by atoms with Crippen LogP contribution >= 0.6 is 0 Å². The minimum absolute atomic E-state index is 0.623. The summed E-state index contributed by atoms with van der Waals surface area (Å²) in [4.78, 5) is 18.2. The highest BCUT2D eigenvalue weighted by atomic mass is 16.7. The normalized spacial score (nSPS) is 10.4. The lowest BCUT2D eigenvalue weighted by Crippen LogP contribution is -2.10. The van der Waals surface area contributed by atoms with E-state index in [9.17, 15) is 4.79 Å². The Morgan fingerprint density at radius 1 is 1.10 bits per heavy atom. The number of carbonyl (C=O) groups is 1. The minimum Gasteiger partial charge on any atom is -0.378 e. The molecule has 5 heteroatoms. The molecule has 1 amide bonds. The summed E-state index contributed by atoms with van der Waals surface area (Å²) in [5.74, 6) is 0. The van der Waals surface area contributed by atoms with E-state index in [1.807, 2.05) is 61.5 Å². The Hall–Kier alpha value is -2.82. The highest BCUT2D eigenvalue weighted by Crippen LogP contribution is 2.11. The quantitative estimate of drug-likeness (QED) is 0.532. The lowest BCUT2D eigenvalue weighted by molar-refractivity contribution is 0.167. The number of oxime groups is 1. The molecule has 2 aromatic rings. The number of nitrogens with zero attached hydrogens (tertiary/aromatic N) is 2. The highest BCUT2D eigenvalue weighted by Gasteiger charge is 2.01. The molecule has 0 radical (unpaired) electrons. The molecule has 0 aliphatic rings. The second-order valence-electron chi connectivity index (χ2n) is 4.59. The molecule has 0 aliphatic heterocycles. The maximum Gasteiger partial charge on any atom is 0.437 e. The van der Waals surface area contributed by atoms with Gasteiger partial charge in [-0.2, -0.15) is 0 Å². The van der Waals surface area contributed by atoms with E-state index in [0.29, 0.717) is 5.69 Å². The van der Waals surface area contributed by atoms with Crippen LogP contribution in [0.15, 0.2) is 59.8 Å². The third-order valence-corrected chi connectivity index (χ3v) is 2.77. The van der Waals surface area contributed by atoms with Crippen LogP contribution in [0.2, 0.25) is 0 Å². The van der Waals surface area contributed by atoms with Gasteiger partial charge in [-0.15, -0.1) is 0 Å². The predicted octanol–water partition coefficient (Wildman–Crippen LogP) is 3.34. The van der Waals surface area contributed by atoms with Gasteiger partial charge in [-0.25, -0.2) is 4.79 Å². The fraction of sp³-hybridized carbons (Fsp3) is 0.125. The molecule has 21 heavy (non-hydrogen) atoms. The summed E-state index contributed by atoms with van der Waals surface area (Å²) in [5, 5.41) is 6.23. The minimum atomic E-state index is -0.623. The first-order valence-electron chi connectivity index (χ1n) is 6.49. The molecule has 0 fully saturated rings. The van der Waals surface area contributed by atoms with Crippen LogP contribution in [0, 0.1) is 0 Å². The van der Waals surface area contributed by atoms with E-state index in [1.165, 1.54) is 6.21 Å². The van der Waals surface area contributed by atoms with Crippen molar-refractivity contribution in [3.63, 3.8) is 0 Å². The van der Waals surface area contributed by atoms with E-state index in [0.717, 1.165) is 11.3 Å². The summed E-state index contributed by atoms with van der Waals surface area (Å²) in [5.41, 5.74) is 2.61. The molecule has 0 atom stereocenters. The number of para-hydroxylation sites is 1. The van der Waals surface area contributed by atoms with Crippen molar-refractivity contribution in [1.82, 2.24) is 0 Å². The molecule has 0 bridgehead atoms. The molecule has 5 nitrogen and oxygen atoms in total. The standard InChI is InChI=1S/C16H17N3O2/c1-19(2)15-10-8-13(9-11-15)12-17-21-16(20)18-14-6-4-3-5-7-14/h3-12H,1-2H3,(H,18,20)/b17-12-. The van der Waals surface area contributed by atoms with E-state index >= 15 is 0 Å². The summed E-state index contributed by atoms with van der Waals surface area (Å²) < 4.78 is 0. The maximum absolute atomic E-state index is 11.5. The van der Waals surface area contributed by atoms with Crippen molar-refractivity contribution >= 4 is 23.7 Å². The number of nitrogens with one attached hydrogen (secondary N) is 1. The molecule has 108 valence electrons. The molecule has 0 aromatic heterocycles. The van der Waals surface area contributed by atoms with Crippen molar-refractivity contribution in [2.24, 2.45) is 5.16 Å². The third-order valence-electron chi connectivity index (χ3n) is 2.77. The highest BCUT2D eigenvalue weighted by molar-refractivity contribution is 5.85. The van der Waals surface area contributed by atoms with Crippen molar-refractivity contribution in [3.05, 3.63) is 60.2 Å².